The fourth-order valence-electron chi connectivity index (χ4n) is 2.25. The van der Waals surface area contributed by atoms with E-state index in [-0.39, 0.29) is 0 Å². The van der Waals surface area contributed by atoms with Crippen LogP contribution in [0.1, 0.15) is 17.8 Å². The molecule has 0 saturated heterocycles. The van der Waals surface area contributed by atoms with Gasteiger partial charge in [-0.05, 0) is 43.2 Å². The largest absolute Gasteiger partial charge is 0.385 e. The number of aryl methyl sites for hydroxylation is 2. The fraction of sp³-hybridized carbons (Fsp3) is 0.250. The Balaban J connectivity index is 1.58. The van der Waals surface area contributed by atoms with Crippen LogP contribution in [0.5, 0.6) is 0 Å². The molecule has 102 valence electrons. The Kier molecular flexibility index (Phi) is 3.63. The van der Waals surface area contributed by atoms with Gasteiger partial charge in [0.05, 0.1) is 0 Å². The van der Waals surface area contributed by atoms with E-state index in [2.05, 4.69) is 51.1 Å². The average molecular weight is 266 g/mol. The van der Waals surface area contributed by atoms with Gasteiger partial charge in [-0.25, -0.2) is 0 Å². The van der Waals surface area contributed by atoms with Crippen LogP contribution in [0.3, 0.4) is 0 Å². The molecule has 0 unspecified atom stereocenters. The number of aromatic nitrogens is 3. The van der Waals surface area contributed by atoms with Crippen molar-refractivity contribution in [3.05, 3.63) is 60.0 Å². The highest BCUT2D eigenvalue weighted by Crippen LogP contribution is 2.09. The number of hydrogen-bond donors (Lipinski definition) is 1. The molecule has 0 atom stereocenters. The van der Waals surface area contributed by atoms with Crippen LogP contribution in [0.4, 0.5) is 5.69 Å². The van der Waals surface area contributed by atoms with Gasteiger partial charge in [0.15, 0.2) is 5.65 Å². The summed E-state index contributed by atoms with van der Waals surface area (Å²) in [5, 5.41) is 11.9. The lowest BCUT2D eigenvalue weighted by molar-refractivity contribution is 0.788. The molecule has 0 saturated carbocycles. The molecule has 0 amide bonds. The van der Waals surface area contributed by atoms with Gasteiger partial charge in [-0.15, -0.1) is 10.2 Å². The van der Waals surface area contributed by atoms with E-state index in [0.29, 0.717) is 0 Å². The maximum atomic E-state index is 4.27. The van der Waals surface area contributed by atoms with Crippen molar-refractivity contribution in [2.45, 2.75) is 19.8 Å². The Labute approximate surface area is 118 Å². The summed E-state index contributed by atoms with van der Waals surface area (Å²) in [5.41, 5.74) is 3.30. The maximum Gasteiger partial charge on any atom is 0.161 e. The number of nitrogens with one attached hydrogen (secondary N) is 1. The summed E-state index contributed by atoms with van der Waals surface area (Å²) in [4.78, 5) is 0. The molecule has 4 nitrogen and oxygen atoms in total. The van der Waals surface area contributed by atoms with E-state index in [4.69, 9.17) is 0 Å². The molecule has 1 aromatic carbocycles. The third-order valence-corrected chi connectivity index (χ3v) is 3.32. The second kappa shape index (κ2) is 5.74. The number of anilines is 1. The molecule has 3 rings (SSSR count). The molecule has 20 heavy (non-hydrogen) atoms. The molecule has 2 aromatic heterocycles. The Morgan fingerprint density at radius 2 is 1.95 bits per heavy atom. The van der Waals surface area contributed by atoms with E-state index >= 15 is 0 Å². The molecule has 3 aromatic rings. The molecule has 0 spiro atoms. The molecule has 0 fully saturated rings. The van der Waals surface area contributed by atoms with E-state index in [1.807, 2.05) is 24.4 Å². The average Bonchev–Trinajstić information content (AvgIpc) is 2.87. The highest BCUT2D eigenvalue weighted by atomic mass is 15.2. The summed E-state index contributed by atoms with van der Waals surface area (Å²) >= 11 is 0. The second-order valence-electron chi connectivity index (χ2n) is 4.94. The highest BCUT2D eigenvalue weighted by molar-refractivity contribution is 5.42. The van der Waals surface area contributed by atoms with Gasteiger partial charge in [-0.2, -0.15) is 0 Å². The third kappa shape index (κ3) is 2.79. The smallest absolute Gasteiger partial charge is 0.161 e. The molecular formula is C16H18N4. The van der Waals surface area contributed by atoms with Gasteiger partial charge in [-0.1, -0.05) is 18.2 Å². The number of fused-ring (bicyclic) bond motifs is 1. The predicted molar refractivity (Wildman–Crippen MR) is 81.0 cm³/mol. The van der Waals surface area contributed by atoms with Crippen molar-refractivity contribution < 1.29 is 0 Å². The zero-order valence-electron chi connectivity index (χ0n) is 11.6. The van der Waals surface area contributed by atoms with Gasteiger partial charge in [-0.3, -0.25) is 4.40 Å². The molecule has 0 bridgehead atoms. The number of rotatable bonds is 5. The molecule has 1 N–H and O–H groups in total. The van der Waals surface area contributed by atoms with Gasteiger partial charge >= 0.3 is 0 Å². The molecular weight excluding hydrogens is 248 g/mol. The van der Waals surface area contributed by atoms with E-state index < -0.39 is 0 Å². The summed E-state index contributed by atoms with van der Waals surface area (Å²) in [7, 11) is 0. The lowest BCUT2D eigenvalue weighted by Gasteiger charge is -2.05. The lowest BCUT2D eigenvalue weighted by atomic mass is 10.2. The Morgan fingerprint density at radius 1 is 1.10 bits per heavy atom. The van der Waals surface area contributed by atoms with Crippen LogP contribution in [0.25, 0.3) is 5.65 Å². The van der Waals surface area contributed by atoms with E-state index in [0.717, 1.165) is 36.5 Å². The number of hydrogen-bond acceptors (Lipinski definition) is 3. The quantitative estimate of drug-likeness (QED) is 0.722. The van der Waals surface area contributed by atoms with Crippen LogP contribution in [-0.4, -0.2) is 21.1 Å². The number of para-hydroxylation sites is 1. The Morgan fingerprint density at radius 3 is 2.80 bits per heavy atom. The van der Waals surface area contributed by atoms with Crippen LogP contribution < -0.4 is 5.32 Å². The first-order chi connectivity index (χ1) is 9.83. The van der Waals surface area contributed by atoms with Gasteiger partial charge in [0.2, 0.25) is 0 Å². The minimum Gasteiger partial charge on any atom is -0.385 e. The molecule has 4 heteroatoms. The van der Waals surface area contributed by atoms with Gasteiger partial charge in [0, 0.05) is 24.8 Å². The highest BCUT2D eigenvalue weighted by Gasteiger charge is 2.04. The van der Waals surface area contributed by atoms with Crippen LogP contribution in [0.2, 0.25) is 0 Å². The van der Waals surface area contributed by atoms with Crippen LogP contribution in [0, 0.1) is 6.92 Å². The van der Waals surface area contributed by atoms with Crippen molar-refractivity contribution in [3.8, 4) is 0 Å². The van der Waals surface area contributed by atoms with Crippen molar-refractivity contribution in [1.29, 1.82) is 0 Å². The van der Waals surface area contributed by atoms with Crippen molar-refractivity contribution in [1.82, 2.24) is 14.6 Å². The number of benzene rings is 1. The molecule has 2 heterocycles. The van der Waals surface area contributed by atoms with Crippen LogP contribution in [0.15, 0.2) is 48.7 Å². The van der Waals surface area contributed by atoms with Crippen molar-refractivity contribution in [2.24, 2.45) is 0 Å². The first-order valence-corrected chi connectivity index (χ1v) is 6.92. The van der Waals surface area contributed by atoms with Crippen LogP contribution in [-0.2, 0) is 6.42 Å². The third-order valence-electron chi connectivity index (χ3n) is 3.32. The SMILES string of the molecule is Cc1ccn2c(CCCNc3ccccc3)nnc2c1. The topological polar surface area (TPSA) is 42.2 Å². The van der Waals surface area contributed by atoms with E-state index in [9.17, 15) is 0 Å². The Hall–Kier alpha value is -2.36. The van der Waals surface area contributed by atoms with Crippen molar-refractivity contribution in [3.63, 3.8) is 0 Å². The molecule has 0 aliphatic heterocycles. The fourth-order valence-corrected chi connectivity index (χ4v) is 2.25. The minimum absolute atomic E-state index is 0.921. The summed E-state index contributed by atoms with van der Waals surface area (Å²) in [6, 6.07) is 14.4. The standard InChI is InChI=1S/C16H18N4/c1-13-9-11-20-15(18-19-16(20)12-13)8-5-10-17-14-6-3-2-4-7-14/h2-4,6-7,9,11-12,17H,5,8,10H2,1H3. The summed E-state index contributed by atoms with van der Waals surface area (Å²) in [6.45, 7) is 3.00. The summed E-state index contributed by atoms with van der Waals surface area (Å²) in [5.74, 6) is 1.02. The first-order valence-electron chi connectivity index (χ1n) is 6.92. The molecule has 0 aliphatic rings. The van der Waals surface area contributed by atoms with Gasteiger partial charge in [0.1, 0.15) is 5.82 Å². The monoisotopic (exact) mass is 266 g/mol. The first kappa shape index (κ1) is 12.7. The molecule has 0 aliphatic carbocycles. The van der Waals surface area contributed by atoms with Crippen molar-refractivity contribution in [2.75, 3.05) is 11.9 Å². The summed E-state index contributed by atoms with van der Waals surface area (Å²) < 4.78 is 2.06. The normalized spacial score (nSPS) is 10.8. The van der Waals surface area contributed by atoms with Gasteiger partial charge < -0.3 is 5.32 Å². The maximum absolute atomic E-state index is 4.27. The second-order valence-corrected chi connectivity index (χ2v) is 4.94. The lowest BCUT2D eigenvalue weighted by Crippen LogP contribution is -2.04. The van der Waals surface area contributed by atoms with Crippen LogP contribution >= 0.6 is 0 Å². The predicted octanol–water partition coefficient (Wildman–Crippen LogP) is 3.08. The Bertz CT molecular complexity index is 688. The number of nitrogens with zero attached hydrogens (tertiary/aromatic N) is 3. The van der Waals surface area contributed by atoms with E-state index in [1.165, 1.54) is 5.56 Å². The molecule has 0 radical (unpaired) electrons. The minimum atomic E-state index is 0.921. The summed E-state index contributed by atoms with van der Waals surface area (Å²) in [6.07, 6.45) is 4.00. The number of pyridine rings is 1. The zero-order chi connectivity index (χ0) is 13.8. The van der Waals surface area contributed by atoms with Gasteiger partial charge in [0.25, 0.3) is 0 Å². The van der Waals surface area contributed by atoms with Crippen molar-refractivity contribution >= 4 is 11.3 Å². The zero-order valence-corrected chi connectivity index (χ0v) is 11.6. The van der Waals surface area contributed by atoms with E-state index in [1.54, 1.807) is 0 Å².